The molecule has 4 heteroatoms. The smallest absolute Gasteiger partial charge is 0.192 e. The highest BCUT2D eigenvalue weighted by Gasteiger charge is 2.49. The number of rotatable bonds is 0. The maximum absolute atomic E-state index is 5.79. The topological polar surface area (TPSA) is 36.9 Å². The molecule has 0 radical (unpaired) electrons. The molecule has 14 heavy (non-hydrogen) atoms. The number of hydrogen-bond donors (Lipinski definition) is 0. The molecule has 2 atom stereocenters. The summed E-state index contributed by atoms with van der Waals surface area (Å²) in [6, 6.07) is 0. The van der Waals surface area contributed by atoms with E-state index in [4.69, 9.17) is 18.9 Å². The minimum Gasteiger partial charge on any atom is -0.348 e. The molecule has 80 valence electrons. The number of ether oxygens (including phenoxy) is 4. The van der Waals surface area contributed by atoms with Crippen molar-refractivity contribution in [1.82, 2.24) is 0 Å². The fourth-order valence-electron chi connectivity index (χ4n) is 2.37. The molecule has 0 bridgehead atoms. The van der Waals surface area contributed by atoms with Crippen LogP contribution < -0.4 is 0 Å². The first-order valence-corrected chi connectivity index (χ1v) is 5.39. The van der Waals surface area contributed by atoms with E-state index >= 15 is 0 Å². The van der Waals surface area contributed by atoms with Crippen LogP contribution >= 0.6 is 0 Å². The van der Waals surface area contributed by atoms with E-state index in [0.29, 0.717) is 13.2 Å². The van der Waals surface area contributed by atoms with Gasteiger partial charge < -0.3 is 18.9 Å². The molecule has 0 unspecified atom stereocenters. The highest BCUT2D eigenvalue weighted by atomic mass is 16.8. The van der Waals surface area contributed by atoms with Gasteiger partial charge in [-0.3, -0.25) is 0 Å². The van der Waals surface area contributed by atoms with Crippen LogP contribution in [0.2, 0.25) is 0 Å². The molecule has 4 nitrogen and oxygen atoms in total. The van der Waals surface area contributed by atoms with Gasteiger partial charge in [-0.15, -0.1) is 0 Å². The van der Waals surface area contributed by atoms with Crippen LogP contribution in [0.15, 0.2) is 0 Å². The lowest BCUT2D eigenvalue weighted by atomic mass is 10.1. The van der Waals surface area contributed by atoms with Crippen LogP contribution in [-0.2, 0) is 18.9 Å². The van der Waals surface area contributed by atoms with E-state index in [0.717, 1.165) is 38.9 Å². The first-order valence-electron chi connectivity index (χ1n) is 5.39. The minimum atomic E-state index is -0.447. The molecule has 0 aromatic heterocycles. The Morgan fingerprint density at radius 3 is 1.43 bits per heavy atom. The average molecular weight is 200 g/mol. The summed E-state index contributed by atoms with van der Waals surface area (Å²) in [7, 11) is 0. The van der Waals surface area contributed by atoms with Crippen LogP contribution in [0.4, 0.5) is 0 Å². The fraction of sp³-hybridized carbons (Fsp3) is 1.00. The average Bonchev–Trinajstić information content (AvgIpc) is 2.81. The molecule has 0 aromatic carbocycles. The van der Waals surface area contributed by atoms with Gasteiger partial charge in [0.25, 0.3) is 0 Å². The molecule has 0 amide bonds. The second kappa shape index (κ2) is 3.17. The third-order valence-electron chi connectivity index (χ3n) is 3.24. The summed E-state index contributed by atoms with van der Waals surface area (Å²) in [4.78, 5) is 0. The molecule has 3 aliphatic rings. The summed E-state index contributed by atoms with van der Waals surface area (Å²) in [6.07, 6.45) is 4.03. The van der Waals surface area contributed by atoms with Gasteiger partial charge in [0.2, 0.25) is 0 Å². The van der Waals surface area contributed by atoms with Gasteiger partial charge in [-0.2, -0.15) is 0 Å². The van der Waals surface area contributed by atoms with Crippen molar-refractivity contribution < 1.29 is 18.9 Å². The standard InChI is InChI=1S/C10H16O4/c1-3-9(11-5-1)7-14-10(8-13-9)4-2-6-12-10/h1-8H2/t9-,10+. The van der Waals surface area contributed by atoms with Gasteiger partial charge in [0.05, 0.1) is 13.2 Å². The normalized spacial score (nSPS) is 48.0. The number of hydrogen-bond acceptors (Lipinski definition) is 4. The molecule has 0 aliphatic carbocycles. The van der Waals surface area contributed by atoms with Crippen LogP contribution in [0.3, 0.4) is 0 Å². The monoisotopic (exact) mass is 200 g/mol. The molecule has 0 saturated carbocycles. The van der Waals surface area contributed by atoms with Gasteiger partial charge in [0, 0.05) is 12.8 Å². The van der Waals surface area contributed by atoms with E-state index < -0.39 is 11.6 Å². The maximum atomic E-state index is 5.79. The summed E-state index contributed by atoms with van der Waals surface area (Å²) in [6.45, 7) is 2.62. The van der Waals surface area contributed by atoms with Crippen LogP contribution in [0.25, 0.3) is 0 Å². The van der Waals surface area contributed by atoms with E-state index in [1.165, 1.54) is 0 Å². The van der Waals surface area contributed by atoms with Crippen LogP contribution in [0.5, 0.6) is 0 Å². The van der Waals surface area contributed by atoms with Crippen LogP contribution in [0.1, 0.15) is 25.7 Å². The Kier molecular flexibility index (Phi) is 2.06. The summed E-state index contributed by atoms with van der Waals surface area (Å²) in [5.74, 6) is -0.894. The second-order valence-electron chi connectivity index (χ2n) is 4.30. The predicted octanol–water partition coefficient (Wildman–Crippen LogP) is 1.05. The van der Waals surface area contributed by atoms with Crippen molar-refractivity contribution in [3.63, 3.8) is 0 Å². The maximum Gasteiger partial charge on any atom is 0.192 e. The van der Waals surface area contributed by atoms with E-state index in [1.807, 2.05) is 0 Å². The summed E-state index contributed by atoms with van der Waals surface area (Å²) < 4.78 is 22.7. The van der Waals surface area contributed by atoms with Crippen LogP contribution in [-0.4, -0.2) is 38.0 Å². The Hall–Kier alpha value is -0.160. The van der Waals surface area contributed by atoms with Crippen molar-refractivity contribution in [2.24, 2.45) is 0 Å². The molecule has 3 heterocycles. The van der Waals surface area contributed by atoms with E-state index in [-0.39, 0.29) is 0 Å². The zero-order valence-electron chi connectivity index (χ0n) is 8.29. The third kappa shape index (κ3) is 1.37. The lowest BCUT2D eigenvalue weighted by molar-refractivity contribution is -0.365. The van der Waals surface area contributed by atoms with Crippen LogP contribution in [0, 0.1) is 0 Å². The van der Waals surface area contributed by atoms with Gasteiger partial charge in [-0.1, -0.05) is 0 Å². The molecular weight excluding hydrogens is 184 g/mol. The van der Waals surface area contributed by atoms with Gasteiger partial charge in [0.15, 0.2) is 11.6 Å². The van der Waals surface area contributed by atoms with Gasteiger partial charge in [-0.05, 0) is 12.8 Å². The first-order chi connectivity index (χ1) is 6.83. The quantitative estimate of drug-likeness (QED) is 0.585. The second-order valence-corrected chi connectivity index (χ2v) is 4.30. The Morgan fingerprint density at radius 2 is 1.14 bits per heavy atom. The fourth-order valence-corrected chi connectivity index (χ4v) is 2.37. The largest absolute Gasteiger partial charge is 0.348 e. The van der Waals surface area contributed by atoms with Gasteiger partial charge in [-0.25, -0.2) is 0 Å². The zero-order chi connectivity index (χ0) is 9.49. The van der Waals surface area contributed by atoms with Gasteiger partial charge >= 0.3 is 0 Å². The Labute approximate surface area is 83.5 Å². The molecule has 0 N–H and O–H groups in total. The molecular formula is C10H16O4. The Morgan fingerprint density at radius 1 is 0.643 bits per heavy atom. The molecule has 3 saturated heterocycles. The molecule has 3 fully saturated rings. The van der Waals surface area contributed by atoms with Crippen molar-refractivity contribution in [3.8, 4) is 0 Å². The van der Waals surface area contributed by atoms with Crippen molar-refractivity contribution in [3.05, 3.63) is 0 Å². The Balaban J connectivity index is 1.66. The Bertz CT molecular complexity index is 180. The highest BCUT2D eigenvalue weighted by molar-refractivity contribution is 4.85. The lowest BCUT2D eigenvalue weighted by Gasteiger charge is -2.41. The third-order valence-corrected chi connectivity index (χ3v) is 3.24. The lowest BCUT2D eigenvalue weighted by Crippen LogP contribution is -2.53. The van der Waals surface area contributed by atoms with Crippen molar-refractivity contribution in [2.75, 3.05) is 26.4 Å². The zero-order valence-corrected chi connectivity index (χ0v) is 8.29. The minimum absolute atomic E-state index is 0.447. The SMILES string of the molecule is C1CO[C@]2(C1)CO[C@]1(CCCO1)CO2. The van der Waals surface area contributed by atoms with Crippen molar-refractivity contribution >= 4 is 0 Å². The highest BCUT2D eigenvalue weighted by Crippen LogP contribution is 2.38. The molecule has 3 rings (SSSR count). The van der Waals surface area contributed by atoms with E-state index in [1.54, 1.807) is 0 Å². The molecule has 0 aromatic rings. The summed E-state index contributed by atoms with van der Waals surface area (Å²) in [5, 5.41) is 0. The molecule has 2 spiro atoms. The summed E-state index contributed by atoms with van der Waals surface area (Å²) >= 11 is 0. The van der Waals surface area contributed by atoms with Gasteiger partial charge in [0.1, 0.15) is 13.2 Å². The van der Waals surface area contributed by atoms with Crippen molar-refractivity contribution in [1.29, 1.82) is 0 Å². The summed E-state index contributed by atoms with van der Waals surface area (Å²) in [5.41, 5.74) is 0. The van der Waals surface area contributed by atoms with E-state index in [2.05, 4.69) is 0 Å². The van der Waals surface area contributed by atoms with E-state index in [9.17, 15) is 0 Å². The molecule has 3 aliphatic heterocycles. The predicted molar refractivity (Wildman–Crippen MR) is 47.7 cm³/mol. The van der Waals surface area contributed by atoms with Crippen molar-refractivity contribution in [2.45, 2.75) is 37.3 Å². The first kappa shape index (κ1) is 9.09.